The fourth-order valence-electron chi connectivity index (χ4n) is 7.11. The van der Waals surface area contributed by atoms with Crippen LogP contribution in [0.2, 0.25) is 0 Å². The Morgan fingerprint density at radius 1 is 1.12 bits per heavy atom. The molecule has 2 N–H and O–H groups in total. The largest absolute Gasteiger partial charge is 0.508 e. The van der Waals surface area contributed by atoms with Crippen LogP contribution in [0, 0.1) is 5.82 Å². The van der Waals surface area contributed by atoms with E-state index in [0.29, 0.717) is 37.9 Å². The molecule has 0 saturated carbocycles. The molecule has 4 aliphatic heterocycles. The molecule has 8 nitrogen and oxygen atoms in total. The number of anilines is 1. The van der Waals surface area contributed by atoms with Gasteiger partial charge in [0.05, 0.1) is 16.5 Å². The molecule has 3 unspecified atom stereocenters. The van der Waals surface area contributed by atoms with Gasteiger partial charge in [-0.2, -0.15) is 23.1 Å². The second kappa shape index (κ2) is 9.62. The van der Waals surface area contributed by atoms with Crippen LogP contribution in [0.25, 0.3) is 22.2 Å². The Labute approximate surface area is 232 Å². The van der Waals surface area contributed by atoms with Crippen LogP contribution in [0.5, 0.6) is 11.8 Å². The van der Waals surface area contributed by atoms with E-state index < -0.39 is 46.3 Å². The van der Waals surface area contributed by atoms with Crippen LogP contribution >= 0.6 is 0 Å². The highest BCUT2D eigenvalue weighted by Gasteiger charge is 2.49. The Morgan fingerprint density at radius 3 is 2.66 bits per heavy atom. The Balaban J connectivity index is 1.33. The number of ether oxygens (including phenoxy) is 1. The van der Waals surface area contributed by atoms with Crippen molar-refractivity contribution >= 4 is 16.7 Å². The Hall–Kier alpha value is -3.32. The topological polar surface area (TPSA) is 86.6 Å². The molecule has 4 saturated heterocycles. The van der Waals surface area contributed by atoms with Gasteiger partial charge >= 0.3 is 12.2 Å². The van der Waals surface area contributed by atoms with Crippen LogP contribution in [-0.4, -0.2) is 81.5 Å². The second-order valence-electron chi connectivity index (χ2n) is 11.6. The molecule has 6 heterocycles. The van der Waals surface area contributed by atoms with Gasteiger partial charge in [0.1, 0.15) is 35.6 Å². The van der Waals surface area contributed by atoms with Crippen LogP contribution in [0.1, 0.15) is 37.7 Å². The highest BCUT2D eigenvalue weighted by atomic mass is 19.4. The molecule has 218 valence electrons. The van der Waals surface area contributed by atoms with E-state index in [-0.39, 0.29) is 35.6 Å². The molecular formula is C28H29F5N6O2. The molecule has 41 heavy (non-hydrogen) atoms. The average molecular weight is 577 g/mol. The first-order chi connectivity index (χ1) is 19.6. The van der Waals surface area contributed by atoms with Crippen molar-refractivity contribution < 1.29 is 31.8 Å². The van der Waals surface area contributed by atoms with Crippen LogP contribution in [0.15, 0.2) is 24.4 Å². The first-order valence-electron chi connectivity index (χ1n) is 13.9. The van der Waals surface area contributed by atoms with Crippen molar-refractivity contribution in [3.8, 4) is 23.0 Å². The van der Waals surface area contributed by atoms with Crippen molar-refractivity contribution in [3.05, 3.63) is 35.8 Å². The molecule has 3 aromatic rings. The van der Waals surface area contributed by atoms with Gasteiger partial charge in [-0.25, -0.2) is 8.78 Å². The van der Waals surface area contributed by atoms with Crippen molar-refractivity contribution in [1.82, 2.24) is 25.2 Å². The van der Waals surface area contributed by atoms with Crippen molar-refractivity contribution in [2.45, 2.75) is 62.1 Å². The number of rotatable bonds is 5. The zero-order chi connectivity index (χ0) is 28.5. The molecular weight excluding hydrogens is 547 g/mol. The third-order valence-corrected chi connectivity index (χ3v) is 8.95. The van der Waals surface area contributed by atoms with Crippen LogP contribution < -0.4 is 15.0 Å². The number of nitrogens with one attached hydrogen (secondary N) is 1. The number of piperazine rings is 1. The molecule has 0 amide bonds. The number of alkyl halides is 4. The minimum absolute atomic E-state index is 0.120. The number of benzene rings is 1. The van der Waals surface area contributed by atoms with Gasteiger partial charge in [0.25, 0.3) is 0 Å². The third-order valence-electron chi connectivity index (χ3n) is 8.95. The van der Waals surface area contributed by atoms with Crippen molar-refractivity contribution in [3.63, 3.8) is 0 Å². The second-order valence-corrected chi connectivity index (χ2v) is 11.6. The van der Waals surface area contributed by atoms with Gasteiger partial charge in [-0.05, 0) is 50.4 Å². The lowest BCUT2D eigenvalue weighted by Gasteiger charge is -2.34. The number of aromatic nitrogens is 3. The Kier molecular flexibility index (Phi) is 6.23. The number of halogens is 5. The minimum Gasteiger partial charge on any atom is -0.508 e. The zero-order valence-electron chi connectivity index (χ0n) is 22.1. The van der Waals surface area contributed by atoms with Gasteiger partial charge in [-0.3, -0.25) is 9.88 Å². The lowest BCUT2D eigenvalue weighted by Crippen LogP contribution is -2.51. The number of nitrogens with zero attached hydrogens (tertiary/aromatic N) is 5. The number of hydrogen-bond donors (Lipinski definition) is 2. The van der Waals surface area contributed by atoms with Crippen LogP contribution in [0.3, 0.4) is 0 Å². The normalized spacial score (nSPS) is 28.0. The molecule has 2 aromatic heterocycles. The summed E-state index contributed by atoms with van der Waals surface area (Å²) >= 11 is 0. The molecule has 13 heteroatoms. The molecule has 1 aromatic carbocycles. The first-order valence-corrected chi connectivity index (χ1v) is 13.9. The molecule has 0 radical (unpaired) electrons. The summed E-state index contributed by atoms with van der Waals surface area (Å²) in [6.07, 6.45) is -0.500. The molecule has 4 atom stereocenters. The maximum absolute atomic E-state index is 16.2. The van der Waals surface area contributed by atoms with Gasteiger partial charge < -0.3 is 20.1 Å². The number of fused-ring (bicyclic) bond motifs is 4. The van der Waals surface area contributed by atoms with Gasteiger partial charge in [0, 0.05) is 49.9 Å². The maximum atomic E-state index is 16.2. The van der Waals surface area contributed by atoms with E-state index in [2.05, 4.69) is 25.2 Å². The maximum Gasteiger partial charge on any atom is 0.417 e. The predicted molar refractivity (Wildman–Crippen MR) is 140 cm³/mol. The minimum atomic E-state index is -4.81. The first kappa shape index (κ1) is 26.6. The highest BCUT2D eigenvalue weighted by molar-refractivity contribution is 5.92. The number of phenols is 1. The molecule has 4 fully saturated rings. The summed E-state index contributed by atoms with van der Waals surface area (Å²) in [5.41, 5.74) is -3.04. The number of pyridine rings is 1. The van der Waals surface area contributed by atoms with E-state index in [1.54, 1.807) is 0 Å². The van der Waals surface area contributed by atoms with E-state index >= 15 is 4.39 Å². The summed E-state index contributed by atoms with van der Waals surface area (Å²) in [6, 6.07) is 2.77. The lowest BCUT2D eigenvalue weighted by atomic mass is 9.95. The summed E-state index contributed by atoms with van der Waals surface area (Å²) in [4.78, 5) is 17.2. The van der Waals surface area contributed by atoms with Crippen molar-refractivity contribution in [2.24, 2.45) is 0 Å². The predicted octanol–water partition coefficient (Wildman–Crippen LogP) is 4.45. The van der Waals surface area contributed by atoms with Crippen LogP contribution in [0.4, 0.5) is 27.8 Å². The highest BCUT2D eigenvalue weighted by Crippen LogP contribution is 2.42. The Bertz CT molecular complexity index is 1490. The summed E-state index contributed by atoms with van der Waals surface area (Å²) < 4.78 is 78.1. The zero-order valence-corrected chi connectivity index (χ0v) is 22.1. The van der Waals surface area contributed by atoms with Crippen molar-refractivity contribution in [2.75, 3.05) is 37.7 Å². The number of phenolic OH excluding ortho intramolecular Hbond substituents is 1. The molecule has 4 aliphatic rings. The number of aromatic hydroxyl groups is 1. The third kappa shape index (κ3) is 4.62. The Morgan fingerprint density at radius 2 is 1.90 bits per heavy atom. The lowest BCUT2D eigenvalue weighted by molar-refractivity contribution is -0.137. The average Bonchev–Trinajstić information content (AvgIpc) is 3.57. The monoisotopic (exact) mass is 576 g/mol. The van der Waals surface area contributed by atoms with Gasteiger partial charge in [0.2, 0.25) is 0 Å². The number of hydrogen-bond acceptors (Lipinski definition) is 8. The van der Waals surface area contributed by atoms with E-state index in [1.807, 2.05) is 4.90 Å². The smallest absolute Gasteiger partial charge is 0.417 e. The quantitative estimate of drug-likeness (QED) is 0.431. The van der Waals surface area contributed by atoms with Gasteiger partial charge in [-0.1, -0.05) is 0 Å². The fourth-order valence-corrected chi connectivity index (χ4v) is 7.11. The summed E-state index contributed by atoms with van der Waals surface area (Å²) in [6.45, 7) is 2.45. The van der Waals surface area contributed by atoms with E-state index in [9.17, 15) is 22.7 Å². The standard InChI is InChI=1S/C28H29F5N6O2/c29-15-9-27(6-1-7-39(27)11-15)14-41-26-36-24-20(25(37-26)38-12-16-2-3-17(13-38)35-16)10-34-23(22(24)30)19-8-18(40)4-5-21(19)28(31,32)33/h4-5,8,10,15-17,35,40H,1-3,6-7,9,11-14H2/t15-,16?,17?,27?/m1/s1. The molecule has 0 spiro atoms. The summed E-state index contributed by atoms with van der Waals surface area (Å²) in [5.74, 6) is -1.14. The molecule has 7 rings (SSSR count). The van der Waals surface area contributed by atoms with Crippen molar-refractivity contribution in [1.29, 1.82) is 0 Å². The van der Waals surface area contributed by atoms with Crippen LogP contribution in [-0.2, 0) is 6.18 Å². The van der Waals surface area contributed by atoms with E-state index in [1.165, 1.54) is 6.20 Å². The molecule has 0 aliphatic carbocycles. The SMILES string of the molecule is Oc1ccc(C(F)(F)F)c(-c2ncc3c(N4CC5CCC(C4)N5)nc(OCC45CCCN4C[C@H](F)C5)nc3c2F)c1. The summed E-state index contributed by atoms with van der Waals surface area (Å²) in [5, 5.41) is 13.7. The molecule has 2 bridgehead atoms. The van der Waals surface area contributed by atoms with E-state index in [0.717, 1.165) is 44.4 Å². The van der Waals surface area contributed by atoms with Gasteiger partial charge in [0.15, 0.2) is 5.82 Å². The fraction of sp³-hybridized carbons (Fsp3) is 0.536. The van der Waals surface area contributed by atoms with Gasteiger partial charge in [-0.15, -0.1) is 0 Å². The van der Waals surface area contributed by atoms with E-state index in [4.69, 9.17) is 4.74 Å². The summed E-state index contributed by atoms with van der Waals surface area (Å²) in [7, 11) is 0.